The molecule has 0 radical (unpaired) electrons. The fourth-order valence-electron chi connectivity index (χ4n) is 1.71. The van der Waals surface area contributed by atoms with Gasteiger partial charge >= 0.3 is 0 Å². The monoisotopic (exact) mass is 219 g/mol. The number of aryl methyl sites for hydroxylation is 2. The molecule has 0 bridgehead atoms. The Morgan fingerprint density at radius 2 is 2.12 bits per heavy atom. The highest BCUT2D eigenvalue weighted by atomic mass is 19.1. The van der Waals surface area contributed by atoms with Gasteiger partial charge < -0.3 is 5.73 Å². The van der Waals surface area contributed by atoms with Gasteiger partial charge in [-0.25, -0.2) is 4.39 Å². The first-order valence-corrected chi connectivity index (χ1v) is 5.08. The van der Waals surface area contributed by atoms with Crippen LogP contribution in [0.3, 0.4) is 0 Å². The quantitative estimate of drug-likeness (QED) is 0.838. The third kappa shape index (κ3) is 2.12. The van der Waals surface area contributed by atoms with Crippen LogP contribution in [0, 0.1) is 12.7 Å². The molecule has 1 aromatic heterocycles. The standard InChI is InChI=1S/C12H14FN3/c1-8-5-9(7-10(13)6-8)12(14)11-3-4-16(2)15-11/h3-7,12H,14H2,1-2H3. The highest BCUT2D eigenvalue weighted by molar-refractivity contribution is 5.30. The van der Waals surface area contributed by atoms with Gasteiger partial charge in [-0.1, -0.05) is 6.07 Å². The molecule has 2 rings (SSSR count). The average Bonchev–Trinajstić information content (AvgIpc) is 2.62. The van der Waals surface area contributed by atoms with Crippen molar-refractivity contribution >= 4 is 0 Å². The highest BCUT2D eigenvalue weighted by Crippen LogP contribution is 2.19. The van der Waals surface area contributed by atoms with Crippen molar-refractivity contribution in [2.45, 2.75) is 13.0 Å². The molecule has 0 aliphatic heterocycles. The van der Waals surface area contributed by atoms with Crippen molar-refractivity contribution in [2.75, 3.05) is 0 Å². The molecule has 0 saturated carbocycles. The molecule has 2 N–H and O–H groups in total. The fourth-order valence-corrected chi connectivity index (χ4v) is 1.71. The zero-order valence-electron chi connectivity index (χ0n) is 9.31. The molecule has 0 spiro atoms. The molecule has 0 aliphatic rings. The summed E-state index contributed by atoms with van der Waals surface area (Å²) in [6.07, 6.45) is 1.82. The number of benzene rings is 1. The second-order valence-electron chi connectivity index (χ2n) is 3.95. The first-order chi connectivity index (χ1) is 7.56. The Labute approximate surface area is 93.7 Å². The van der Waals surface area contributed by atoms with Gasteiger partial charge in [0.15, 0.2) is 0 Å². The van der Waals surface area contributed by atoms with Crippen LogP contribution in [-0.4, -0.2) is 9.78 Å². The first kappa shape index (κ1) is 10.8. The smallest absolute Gasteiger partial charge is 0.123 e. The van der Waals surface area contributed by atoms with Crippen molar-refractivity contribution in [3.05, 3.63) is 53.1 Å². The van der Waals surface area contributed by atoms with E-state index in [2.05, 4.69) is 5.10 Å². The SMILES string of the molecule is Cc1cc(F)cc(C(N)c2ccn(C)n2)c1. The minimum Gasteiger partial charge on any atom is -0.319 e. The molecule has 0 fully saturated rings. The lowest BCUT2D eigenvalue weighted by molar-refractivity contribution is 0.621. The maximum absolute atomic E-state index is 13.2. The van der Waals surface area contributed by atoms with Crippen LogP contribution < -0.4 is 5.73 Å². The predicted octanol–water partition coefficient (Wildman–Crippen LogP) is 1.92. The molecule has 3 nitrogen and oxygen atoms in total. The van der Waals surface area contributed by atoms with E-state index in [1.165, 1.54) is 12.1 Å². The van der Waals surface area contributed by atoms with Crippen LogP contribution in [0.2, 0.25) is 0 Å². The van der Waals surface area contributed by atoms with Crippen molar-refractivity contribution in [2.24, 2.45) is 12.8 Å². The Morgan fingerprint density at radius 3 is 2.69 bits per heavy atom. The van der Waals surface area contributed by atoms with Crippen LogP contribution in [0.5, 0.6) is 0 Å². The number of nitrogens with two attached hydrogens (primary N) is 1. The molecule has 2 aromatic rings. The van der Waals surface area contributed by atoms with Crippen molar-refractivity contribution in [1.29, 1.82) is 0 Å². The topological polar surface area (TPSA) is 43.8 Å². The van der Waals surface area contributed by atoms with E-state index in [-0.39, 0.29) is 11.9 Å². The number of hydrogen-bond acceptors (Lipinski definition) is 2. The second kappa shape index (κ2) is 4.06. The number of aromatic nitrogens is 2. The summed E-state index contributed by atoms with van der Waals surface area (Å²) in [7, 11) is 1.83. The minimum absolute atomic E-state index is 0.263. The zero-order valence-corrected chi connectivity index (χ0v) is 9.31. The van der Waals surface area contributed by atoms with Gasteiger partial charge in [-0.05, 0) is 36.2 Å². The Balaban J connectivity index is 2.37. The van der Waals surface area contributed by atoms with E-state index in [0.717, 1.165) is 16.8 Å². The van der Waals surface area contributed by atoms with Crippen LogP contribution in [0.1, 0.15) is 22.9 Å². The van der Waals surface area contributed by atoms with E-state index in [9.17, 15) is 4.39 Å². The third-order valence-electron chi connectivity index (χ3n) is 2.48. The molecule has 1 heterocycles. The molecular weight excluding hydrogens is 205 g/mol. The molecule has 0 saturated heterocycles. The van der Waals surface area contributed by atoms with E-state index in [0.29, 0.717) is 0 Å². The van der Waals surface area contributed by atoms with Gasteiger partial charge in [0.25, 0.3) is 0 Å². The van der Waals surface area contributed by atoms with Gasteiger partial charge in [0.1, 0.15) is 5.82 Å². The van der Waals surface area contributed by atoms with Gasteiger partial charge in [-0.3, -0.25) is 4.68 Å². The molecule has 1 atom stereocenters. The highest BCUT2D eigenvalue weighted by Gasteiger charge is 2.12. The second-order valence-corrected chi connectivity index (χ2v) is 3.95. The van der Waals surface area contributed by atoms with Crippen LogP contribution in [0.4, 0.5) is 4.39 Å². The Kier molecular flexibility index (Phi) is 2.75. The number of rotatable bonds is 2. The summed E-state index contributed by atoms with van der Waals surface area (Å²) >= 11 is 0. The molecule has 0 aliphatic carbocycles. The number of hydrogen-bond donors (Lipinski definition) is 1. The molecule has 1 aromatic carbocycles. The largest absolute Gasteiger partial charge is 0.319 e. The van der Waals surface area contributed by atoms with E-state index in [1.54, 1.807) is 4.68 Å². The first-order valence-electron chi connectivity index (χ1n) is 5.08. The fraction of sp³-hybridized carbons (Fsp3) is 0.250. The molecule has 84 valence electrons. The lowest BCUT2D eigenvalue weighted by atomic mass is 10.0. The lowest BCUT2D eigenvalue weighted by Gasteiger charge is -2.10. The van der Waals surface area contributed by atoms with Gasteiger partial charge in [0.2, 0.25) is 0 Å². The summed E-state index contributed by atoms with van der Waals surface area (Å²) < 4.78 is 14.9. The molecule has 0 amide bonds. The van der Waals surface area contributed by atoms with Crippen molar-refractivity contribution in [3.8, 4) is 0 Å². The summed E-state index contributed by atoms with van der Waals surface area (Å²) in [6.45, 7) is 1.84. The summed E-state index contributed by atoms with van der Waals surface area (Å²) in [6, 6.07) is 6.27. The van der Waals surface area contributed by atoms with Gasteiger partial charge in [0.05, 0.1) is 11.7 Å². The summed E-state index contributed by atoms with van der Waals surface area (Å²) in [5, 5.41) is 4.22. The summed E-state index contributed by atoms with van der Waals surface area (Å²) in [5.41, 5.74) is 8.38. The van der Waals surface area contributed by atoms with Crippen molar-refractivity contribution < 1.29 is 4.39 Å². The van der Waals surface area contributed by atoms with Gasteiger partial charge in [-0.2, -0.15) is 5.10 Å². The summed E-state index contributed by atoms with van der Waals surface area (Å²) in [4.78, 5) is 0. The zero-order chi connectivity index (χ0) is 11.7. The van der Waals surface area contributed by atoms with E-state index in [1.807, 2.05) is 32.3 Å². The van der Waals surface area contributed by atoms with Gasteiger partial charge in [0, 0.05) is 13.2 Å². The van der Waals surface area contributed by atoms with Crippen molar-refractivity contribution in [1.82, 2.24) is 9.78 Å². The predicted molar refractivity (Wildman–Crippen MR) is 60.4 cm³/mol. The summed E-state index contributed by atoms with van der Waals surface area (Å²) in [5.74, 6) is -0.263. The number of nitrogens with zero attached hydrogens (tertiary/aromatic N) is 2. The van der Waals surface area contributed by atoms with E-state index in [4.69, 9.17) is 5.73 Å². The van der Waals surface area contributed by atoms with Gasteiger partial charge in [-0.15, -0.1) is 0 Å². The Bertz CT molecular complexity index is 484. The van der Waals surface area contributed by atoms with Crippen LogP contribution in [-0.2, 0) is 7.05 Å². The molecule has 1 unspecified atom stereocenters. The molecule has 4 heteroatoms. The van der Waals surface area contributed by atoms with Crippen LogP contribution >= 0.6 is 0 Å². The maximum atomic E-state index is 13.2. The Hall–Kier alpha value is -1.68. The van der Waals surface area contributed by atoms with Crippen LogP contribution in [0.15, 0.2) is 30.5 Å². The minimum atomic E-state index is -0.379. The third-order valence-corrected chi connectivity index (χ3v) is 2.48. The normalized spacial score (nSPS) is 12.8. The lowest BCUT2D eigenvalue weighted by Crippen LogP contribution is -2.13. The maximum Gasteiger partial charge on any atom is 0.123 e. The Morgan fingerprint density at radius 1 is 1.38 bits per heavy atom. The van der Waals surface area contributed by atoms with Crippen molar-refractivity contribution in [3.63, 3.8) is 0 Å². The van der Waals surface area contributed by atoms with Crippen LogP contribution in [0.25, 0.3) is 0 Å². The molecular formula is C12H14FN3. The molecule has 16 heavy (non-hydrogen) atoms. The van der Waals surface area contributed by atoms with E-state index >= 15 is 0 Å². The van der Waals surface area contributed by atoms with E-state index < -0.39 is 0 Å². The average molecular weight is 219 g/mol. The number of halogens is 1.